The highest BCUT2D eigenvalue weighted by atomic mass is 16.6. The molecule has 2 aliphatic rings. The molecule has 4 atom stereocenters. The van der Waals surface area contributed by atoms with E-state index in [0.29, 0.717) is 12.8 Å². The van der Waals surface area contributed by atoms with Crippen LogP contribution in [0.3, 0.4) is 0 Å². The Labute approximate surface area is 165 Å². The molecule has 0 aromatic heterocycles. The van der Waals surface area contributed by atoms with E-state index in [2.05, 4.69) is 5.32 Å². The van der Waals surface area contributed by atoms with E-state index in [1.165, 1.54) is 7.11 Å². The molecule has 2 amide bonds. The second-order valence-electron chi connectivity index (χ2n) is 8.45. The Hall–Kier alpha value is -2.57. The fourth-order valence-electron chi connectivity index (χ4n) is 4.19. The number of carbonyl (C=O) groups is 3. The molecule has 2 fully saturated rings. The summed E-state index contributed by atoms with van der Waals surface area (Å²) in [4.78, 5) is 39.1. The van der Waals surface area contributed by atoms with Crippen molar-refractivity contribution in [2.45, 2.75) is 69.7 Å². The predicted molar refractivity (Wildman–Crippen MR) is 103 cm³/mol. The second-order valence-corrected chi connectivity index (χ2v) is 8.45. The van der Waals surface area contributed by atoms with Crippen LogP contribution in [0, 0.1) is 0 Å². The van der Waals surface area contributed by atoms with Crippen molar-refractivity contribution in [3.63, 3.8) is 0 Å². The summed E-state index contributed by atoms with van der Waals surface area (Å²) in [5, 5.41) is 2.67. The van der Waals surface area contributed by atoms with Crippen molar-refractivity contribution in [1.82, 2.24) is 10.2 Å². The van der Waals surface area contributed by atoms with Gasteiger partial charge in [0.2, 0.25) is 5.91 Å². The largest absolute Gasteiger partial charge is 0.467 e. The van der Waals surface area contributed by atoms with Gasteiger partial charge in [0.1, 0.15) is 17.7 Å². The minimum atomic E-state index is -0.693. The van der Waals surface area contributed by atoms with Gasteiger partial charge < -0.3 is 19.7 Å². The van der Waals surface area contributed by atoms with Crippen LogP contribution in [0.1, 0.15) is 51.5 Å². The predicted octanol–water partition coefficient (Wildman–Crippen LogP) is 2.60. The zero-order chi connectivity index (χ0) is 20.5. The molecule has 0 aliphatic carbocycles. The van der Waals surface area contributed by atoms with Gasteiger partial charge in [0, 0.05) is 6.04 Å². The Morgan fingerprint density at radius 2 is 1.79 bits per heavy atom. The van der Waals surface area contributed by atoms with Crippen LogP contribution in [-0.4, -0.2) is 53.7 Å². The number of hydrogen-bond acceptors (Lipinski definition) is 5. The number of methoxy groups -OCH3 is 1. The van der Waals surface area contributed by atoms with E-state index in [-0.39, 0.29) is 17.9 Å². The summed E-state index contributed by atoms with van der Waals surface area (Å²) in [6.45, 7) is 5.30. The third kappa shape index (κ3) is 4.29. The van der Waals surface area contributed by atoms with E-state index in [1.807, 2.05) is 30.3 Å². The average molecular weight is 388 g/mol. The van der Waals surface area contributed by atoms with Gasteiger partial charge in [0.25, 0.3) is 0 Å². The lowest BCUT2D eigenvalue weighted by Crippen LogP contribution is -2.53. The SMILES string of the molecule is COC(=O)[C@H]1C[C@@H](c2ccccc2)C[C@H]2C[C@H](NC(=O)OC(C)(C)C)C(=O)N21. The highest BCUT2D eigenvalue weighted by Gasteiger charge is 2.50. The first-order chi connectivity index (χ1) is 13.2. The molecule has 0 spiro atoms. The van der Waals surface area contributed by atoms with Crippen molar-refractivity contribution in [3.8, 4) is 0 Å². The summed E-state index contributed by atoms with van der Waals surface area (Å²) in [5.74, 6) is -0.519. The van der Waals surface area contributed by atoms with Crippen LogP contribution in [0.25, 0.3) is 0 Å². The smallest absolute Gasteiger partial charge is 0.408 e. The lowest BCUT2D eigenvalue weighted by atomic mass is 9.82. The zero-order valence-corrected chi connectivity index (χ0v) is 16.8. The molecule has 1 aromatic carbocycles. The molecule has 28 heavy (non-hydrogen) atoms. The van der Waals surface area contributed by atoms with Crippen LogP contribution >= 0.6 is 0 Å². The molecule has 152 valence electrons. The van der Waals surface area contributed by atoms with Gasteiger partial charge in [0.05, 0.1) is 7.11 Å². The molecule has 1 N–H and O–H groups in total. The first-order valence-electron chi connectivity index (χ1n) is 9.64. The van der Waals surface area contributed by atoms with E-state index < -0.39 is 29.7 Å². The summed E-state index contributed by atoms with van der Waals surface area (Å²) in [6, 6.07) is 8.52. The van der Waals surface area contributed by atoms with Crippen LogP contribution in [0.5, 0.6) is 0 Å². The van der Waals surface area contributed by atoms with Gasteiger partial charge in [-0.25, -0.2) is 9.59 Å². The number of nitrogens with zero attached hydrogens (tertiary/aromatic N) is 1. The Kier molecular flexibility index (Phi) is 5.63. The fourth-order valence-corrected chi connectivity index (χ4v) is 4.19. The third-order valence-electron chi connectivity index (χ3n) is 5.29. The Morgan fingerprint density at radius 1 is 1.11 bits per heavy atom. The molecule has 2 saturated heterocycles. The molecule has 2 heterocycles. The molecule has 1 aromatic rings. The Morgan fingerprint density at radius 3 is 2.39 bits per heavy atom. The summed E-state index contributed by atoms with van der Waals surface area (Å²) in [6.07, 6.45) is 1.09. The minimum absolute atomic E-state index is 0.129. The monoisotopic (exact) mass is 388 g/mol. The van der Waals surface area contributed by atoms with Crippen LogP contribution in [0.4, 0.5) is 4.79 Å². The lowest BCUT2D eigenvalue weighted by Gasteiger charge is -2.40. The summed E-state index contributed by atoms with van der Waals surface area (Å²) >= 11 is 0. The van der Waals surface area contributed by atoms with E-state index >= 15 is 0 Å². The topological polar surface area (TPSA) is 84.9 Å². The van der Waals surface area contributed by atoms with Gasteiger partial charge in [-0.05, 0) is 51.5 Å². The molecule has 0 bridgehead atoms. The van der Waals surface area contributed by atoms with Crippen molar-refractivity contribution < 1.29 is 23.9 Å². The molecular formula is C21H28N2O5. The van der Waals surface area contributed by atoms with Crippen molar-refractivity contribution >= 4 is 18.0 Å². The average Bonchev–Trinajstić information content (AvgIpc) is 2.95. The highest BCUT2D eigenvalue weighted by Crippen LogP contribution is 2.40. The number of rotatable bonds is 3. The van der Waals surface area contributed by atoms with E-state index in [9.17, 15) is 14.4 Å². The molecule has 7 heteroatoms. The first-order valence-corrected chi connectivity index (χ1v) is 9.64. The Bertz CT molecular complexity index is 743. The summed E-state index contributed by atoms with van der Waals surface area (Å²) in [5.41, 5.74) is 0.498. The second kappa shape index (κ2) is 7.81. The van der Waals surface area contributed by atoms with Gasteiger partial charge >= 0.3 is 12.1 Å². The standard InChI is InChI=1S/C21H28N2O5/c1-21(2,3)28-20(26)22-16-12-15-10-14(13-8-6-5-7-9-13)11-17(19(25)27-4)23(15)18(16)24/h5-9,14-17H,10-12H2,1-4H3,(H,22,26)/t14-,15-,16-,17+/m0/s1. The molecule has 0 saturated carbocycles. The van der Waals surface area contributed by atoms with Gasteiger partial charge in [-0.15, -0.1) is 0 Å². The third-order valence-corrected chi connectivity index (χ3v) is 5.29. The van der Waals surface area contributed by atoms with Gasteiger partial charge in [0.15, 0.2) is 0 Å². The van der Waals surface area contributed by atoms with Crippen molar-refractivity contribution in [2.75, 3.05) is 7.11 Å². The van der Waals surface area contributed by atoms with Crippen molar-refractivity contribution in [3.05, 3.63) is 35.9 Å². The molecular weight excluding hydrogens is 360 g/mol. The van der Waals surface area contributed by atoms with Gasteiger partial charge in [-0.3, -0.25) is 4.79 Å². The van der Waals surface area contributed by atoms with Crippen molar-refractivity contribution in [2.24, 2.45) is 0 Å². The van der Waals surface area contributed by atoms with Crippen LogP contribution < -0.4 is 5.32 Å². The number of esters is 1. The molecule has 0 unspecified atom stereocenters. The number of nitrogens with one attached hydrogen (secondary N) is 1. The Balaban J connectivity index is 1.79. The van der Waals surface area contributed by atoms with Crippen LogP contribution in [-0.2, 0) is 19.1 Å². The van der Waals surface area contributed by atoms with Crippen molar-refractivity contribution in [1.29, 1.82) is 0 Å². The molecule has 7 nitrogen and oxygen atoms in total. The maximum Gasteiger partial charge on any atom is 0.408 e. The number of carbonyl (C=O) groups excluding carboxylic acids is 3. The number of fused-ring (bicyclic) bond motifs is 1. The first kappa shape index (κ1) is 20.2. The lowest BCUT2D eigenvalue weighted by molar-refractivity contribution is -0.155. The van der Waals surface area contributed by atoms with E-state index in [4.69, 9.17) is 9.47 Å². The number of ether oxygens (including phenoxy) is 2. The molecule has 0 radical (unpaired) electrons. The maximum absolute atomic E-state index is 13.0. The number of amides is 2. The number of alkyl carbamates (subject to hydrolysis) is 1. The molecule has 2 aliphatic heterocycles. The van der Waals surface area contributed by atoms with Crippen LogP contribution in [0.2, 0.25) is 0 Å². The van der Waals surface area contributed by atoms with Gasteiger partial charge in [-0.2, -0.15) is 0 Å². The highest BCUT2D eigenvalue weighted by molar-refractivity contribution is 5.92. The number of piperidine rings is 1. The fraction of sp³-hybridized carbons (Fsp3) is 0.571. The minimum Gasteiger partial charge on any atom is -0.467 e. The summed E-state index contributed by atoms with van der Waals surface area (Å²) < 4.78 is 10.2. The zero-order valence-electron chi connectivity index (χ0n) is 16.8. The van der Waals surface area contributed by atoms with E-state index in [0.717, 1.165) is 12.0 Å². The maximum atomic E-state index is 13.0. The number of hydrogen-bond donors (Lipinski definition) is 1. The van der Waals surface area contributed by atoms with Gasteiger partial charge in [-0.1, -0.05) is 30.3 Å². The van der Waals surface area contributed by atoms with E-state index in [1.54, 1.807) is 25.7 Å². The normalized spacial score (nSPS) is 27.1. The number of benzene rings is 1. The molecule has 3 rings (SSSR count). The van der Waals surface area contributed by atoms with Crippen LogP contribution in [0.15, 0.2) is 30.3 Å². The summed E-state index contributed by atoms with van der Waals surface area (Å²) in [7, 11) is 1.33. The quantitative estimate of drug-likeness (QED) is 0.805.